The van der Waals surface area contributed by atoms with Gasteiger partial charge in [0.25, 0.3) is 0 Å². The molecule has 2 aliphatic heterocycles. The molecule has 2 fully saturated rings. The minimum atomic E-state index is -0.820. The van der Waals surface area contributed by atoms with Crippen LogP contribution >= 0.6 is 12.2 Å². The van der Waals surface area contributed by atoms with Gasteiger partial charge in [-0.25, -0.2) is 9.18 Å². The fourth-order valence-electron chi connectivity index (χ4n) is 3.61. The van der Waals surface area contributed by atoms with E-state index in [4.69, 9.17) is 27.8 Å². The number of hydrogen-bond acceptors (Lipinski definition) is 6. The van der Waals surface area contributed by atoms with Crippen molar-refractivity contribution >= 4 is 40.8 Å². The van der Waals surface area contributed by atoms with Crippen LogP contribution in [0.1, 0.15) is 6.42 Å². The Kier molecular flexibility index (Phi) is 6.93. The minimum Gasteiger partial charge on any atom is -0.481 e. The molecule has 1 aromatic carbocycles. The maximum Gasteiger partial charge on any atom is 0.414 e. The zero-order chi connectivity index (χ0) is 21.8. The van der Waals surface area contributed by atoms with E-state index in [1.807, 2.05) is 4.90 Å². The van der Waals surface area contributed by atoms with Crippen molar-refractivity contribution < 1.29 is 23.8 Å². The summed E-state index contributed by atoms with van der Waals surface area (Å²) in [5.74, 6) is -1.23. The molecule has 0 spiro atoms. The Balaban J connectivity index is 1.60. The molecule has 2 aliphatic rings. The van der Waals surface area contributed by atoms with Crippen molar-refractivity contribution in [1.29, 1.82) is 0 Å². The molecule has 0 unspecified atom stereocenters. The smallest absolute Gasteiger partial charge is 0.414 e. The van der Waals surface area contributed by atoms with Crippen LogP contribution in [-0.4, -0.2) is 91.0 Å². The van der Waals surface area contributed by atoms with Crippen LogP contribution in [0.3, 0.4) is 0 Å². The highest BCUT2D eigenvalue weighted by molar-refractivity contribution is 7.80. The first-order chi connectivity index (χ1) is 14.2. The number of amides is 1. The summed E-state index contributed by atoms with van der Waals surface area (Å²) in [6.45, 7) is 3.70. The van der Waals surface area contributed by atoms with E-state index in [0.717, 1.165) is 0 Å². The molecule has 1 atom stereocenters. The monoisotopic (exact) mass is 439 g/mol. The summed E-state index contributed by atoms with van der Waals surface area (Å²) in [6.07, 6.45) is -0.843. The molecule has 30 heavy (non-hydrogen) atoms. The summed E-state index contributed by atoms with van der Waals surface area (Å²) >= 11 is 4.90. The summed E-state index contributed by atoms with van der Waals surface area (Å²) < 4.78 is 20.2. The number of thiocarbonyl (C=S) groups is 1. The van der Waals surface area contributed by atoms with E-state index in [2.05, 4.69) is 4.90 Å². The lowest BCUT2D eigenvalue weighted by Gasteiger charge is -2.36. The summed E-state index contributed by atoms with van der Waals surface area (Å²) in [6, 6.07) is 4.71. The molecule has 2 saturated heterocycles. The molecule has 11 heteroatoms. The fourth-order valence-corrected chi connectivity index (χ4v) is 3.68. The Morgan fingerprint density at radius 1 is 1.37 bits per heavy atom. The summed E-state index contributed by atoms with van der Waals surface area (Å²) in [7, 11) is 1.72. The average molecular weight is 440 g/mol. The maximum atomic E-state index is 14.8. The number of carboxylic acids is 1. The van der Waals surface area contributed by atoms with Gasteiger partial charge in [0.15, 0.2) is 5.11 Å². The first kappa shape index (κ1) is 22.0. The number of piperazine rings is 1. The number of hydrogen-bond donors (Lipinski definition) is 2. The molecular weight excluding hydrogens is 413 g/mol. The third-order valence-corrected chi connectivity index (χ3v) is 5.64. The van der Waals surface area contributed by atoms with E-state index in [1.165, 1.54) is 11.0 Å². The molecular formula is C19H26FN5O4S. The third-order valence-electron chi connectivity index (χ3n) is 5.33. The van der Waals surface area contributed by atoms with Gasteiger partial charge in [0.1, 0.15) is 11.9 Å². The fraction of sp³-hybridized carbons (Fsp3) is 0.526. The van der Waals surface area contributed by atoms with Gasteiger partial charge >= 0.3 is 12.1 Å². The number of carbonyl (C=O) groups is 2. The van der Waals surface area contributed by atoms with Crippen molar-refractivity contribution in [3.05, 3.63) is 24.0 Å². The maximum absolute atomic E-state index is 14.8. The molecule has 3 rings (SSSR count). The Morgan fingerprint density at radius 2 is 2.07 bits per heavy atom. The van der Waals surface area contributed by atoms with Crippen LogP contribution in [0.4, 0.5) is 20.6 Å². The summed E-state index contributed by atoms with van der Waals surface area (Å²) in [4.78, 5) is 29.9. The number of rotatable bonds is 7. The van der Waals surface area contributed by atoms with Crippen molar-refractivity contribution in [2.75, 3.05) is 62.7 Å². The standard InChI is InChI=1S/C19H26FN5O4S/c1-22(18(21)30)11-14-12-25(19(28)29-14)13-2-3-16(15(20)10-13)24-8-6-23(7-9-24)5-4-17(26)27/h2-3,10,14H,4-9,11-12H2,1H3,(H2,21,30)(H,26,27)/t14-/m1/s1. The zero-order valence-electron chi connectivity index (χ0n) is 16.8. The number of likely N-dealkylation sites (N-methyl/N-ethyl adjacent to an activating group) is 1. The molecule has 0 aromatic heterocycles. The number of ether oxygens (including phenoxy) is 1. The van der Waals surface area contributed by atoms with E-state index < -0.39 is 24.0 Å². The highest BCUT2D eigenvalue weighted by atomic mass is 32.1. The second-order valence-electron chi connectivity index (χ2n) is 7.44. The first-order valence-corrected chi connectivity index (χ1v) is 10.1. The molecule has 1 amide bonds. The summed E-state index contributed by atoms with van der Waals surface area (Å²) in [5, 5.41) is 9.00. The molecule has 9 nitrogen and oxygen atoms in total. The third kappa shape index (κ3) is 5.28. The molecule has 0 bridgehead atoms. The number of nitrogens with two attached hydrogens (primary N) is 1. The SMILES string of the molecule is CN(C[C@@H]1CN(c2ccc(N3CCN(CCC(=O)O)CC3)c(F)c2)C(=O)O1)C(N)=S. The lowest BCUT2D eigenvalue weighted by atomic mass is 10.2. The minimum absolute atomic E-state index is 0.100. The van der Waals surface area contributed by atoms with Gasteiger partial charge in [-0.15, -0.1) is 0 Å². The van der Waals surface area contributed by atoms with Gasteiger partial charge in [-0.2, -0.15) is 0 Å². The van der Waals surface area contributed by atoms with E-state index in [1.54, 1.807) is 24.1 Å². The van der Waals surface area contributed by atoms with Gasteiger partial charge < -0.3 is 25.4 Å². The van der Waals surface area contributed by atoms with Crippen molar-refractivity contribution in [3.63, 3.8) is 0 Å². The van der Waals surface area contributed by atoms with Gasteiger partial charge in [0.2, 0.25) is 0 Å². The van der Waals surface area contributed by atoms with Gasteiger partial charge in [-0.3, -0.25) is 14.6 Å². The zero-order valence-corrected chi connectivity index (χ0v) is 17.6. The Labute approximate surface area is 179 Å². The topological polar surface area (TPSA) is 103 Å². The second-order valence-corrected chi connectivity index (χ2v) is 7.86. The number of carboxylic acid groups (broad SMARTS) is 1. The number of anilines is 2. The molecule has 3 N–H and O–H groups in total. The van der Waals surface area contributed by atoms with Crippen LogP contribution in [0.15, 0.2) is 18.2 Å². The molecule has 2 heterocycles. The van der Waals surface area contributed by atoms with Crippen LogP contribution in [-0.2, 0) is 9.53 Å². The van der Waals surface area contributed by atoms with Crippen molar-refractivity contribution in [2.45, 2.75) is 12.5 Å². The summed E-state index contributed by atoms with van der Waals surface area (Å²) in [5.41, 5.74) is 6.46. The molecule has 0 radical (unpaired) electrons. The van der Waals surface area contributed by atoms with Crippen LogP contribution in [0.25, 0.3) is 0 Å². The molecule has 0 aliphatic carbocycles. The van der Waals surface area contributed by atoms with Crippen LogP contribution in [0, 0.1) is 5.82 Å². The highest BCUT2D eigenvalue weighted by Gasteiger charge is 2.33. The van der Waals surface area contributed by atoms with E-state index in [-0.39, 0.29) is 18.1 Å². The molecule has 1 aromatic rings. The van der Waals surface area contributed by atoms with Crippen molar-refractivity contribution in [3.8, 4) is 0 Å². The predicted molar refractivity (Wildman–Crippen MR) is 114 cm³/mol. The van der Waals surface area contributed by atoms with Gasteiger partial charge in [0, 0.05) is 39.8 Å². The average Bonchev–Trinajstić information content (AvgIpc) is 3.06. The molecule has 164 valence electrons. The van der Waals surface area contributed by atoms with Crippen LogP contribution in [0.2, 0.25) is 0 Å². The molecule has 0 saturated carbocycles. The number of aliphatic carboxylic acids is 1. The predicted octanol–water partition coefficient (Wildman–Crippen LogP) is 0.923. The largest absolute Gasteiger partial charge is 0.481 e. The number of nitrogens with zero attached hydrogens (tertiary/aromatic N) is 4. The number of carbonyl (C=O) groups excluding carboxylic acids is 1. The Bertz CT molecular complexity index is 818. The highest BCUT2D eigenvalue weighted by Crippen LogP contribution is 2.28. The number of benzene rings is 1. The normalized spacial score (nSPS) is 19.7. The van der Waals surface area contributed by atoms with Crippen molar-refractivity contribution in [2.24, 2.45) is 5.73 Å². The quantitative estimate of drug-likeness (QED) is 0.601. The van der Waals surface area contributed by atoms with E-state index >= 15 is 0 Å². The Hall–Kier alpha value is -2.66. The second kappa shape index (κ2) is 9.43. The lowest BCUT2D eigenvalue weighted by molar-refractivity contribution is -0.137. The van der Waals surface area contributed by atoms with Gasteiger partial charge in [-0.1, -0.05) is 0 Å². The first-order valence-electron chi connectivity index (χ1n) is 9.72. The van der Waals surface area contributed by atoms with Crippen LogP contribution < -0.4 is 15.5 Å². The van der Waals surface area contributed by atoms with Crippen LogP contribution in [0.5, 0.6) is 0 Å². The lowest BCUT2D eigenvalue weighted by Crippen LogP contribution is -2.47. The van der Waals surface area contributed by atoms with E-state index in [0.29, 0.717) is 50.6 Å². The van der Waals surface area contributed by atoms with Gasteiger partial charge in [-0.05, 0) is 30.4 Å². The van der Waals surface area contributed by atoms with Crippen molar-refractivity contribution in [1.82, 2.24) is 9.80 Å². The number of halogens is 1. The van der Waals surface area contributed by atoms with E-state index in [9.17, 15) is 14.0 Å². The van der Waals surface area contributed by atoms with Gasteiger partial charge in [0.05, 0.1) is 30.9 Å². The number of cyclic esters (lactones) is 1. The Morgan fingerprint density at radius 3 is 2.67 bits per heavy atom.